The van der Waals surface area contributed by atoms with Crippen molar-refractivity contribution in [2.24, 2.45) is 5.73 Å². The maximum Gasteiger partial charge on any atom is 0.460 e. The van der Waals surface area contributed by atoms with E-state index >= 15 is 0 Å². The molecular formula is C14H13F15N2O. The Hall–Kier alpha value is -1.62. The summed E-state index contributed by atoms with van der Waals surface area (Å²) >= 11 is 0. The molecule has 1 saturated carbocycles. The highest BCUT2D eigenvalue weighted by Gasteiger charge is 2.94. The Labute approximate surface area is 168 Å². The monoisotopic (exact) mass is 510 g/mol. The van der Waals surface area contributed by atoms with Gasteiger partial charge in [0.2, 0.25) is 0 Å². The first kappa shape index (κ1) is 28.4. The third-order valence-corrected chi connectivity index (χ3v) is 4.75. The van der Waals surface area contributed by atoms with Crippen LogP contribution in [0.5, 0.6) is 0 Å². The molecule has 3 N–H and O–H groups in total. The smallest absolute Gasteiger partial charge is 0.346 e. The molecule has 32 heavy (non-hydrogen) atoms. The molecule has 1 rings (SSSR count). The number of nitrogens with two attached hydrogens (primary N) is 1. The summed E-state index contributed by atoms with van der Waals surface area (Å²) in [6.07, 6.45) is -7.40. The van der Waals surface area contributed by atoms with E-state index in [-0.39, 0.29) is 19.3 Å². The van der Waals surface area contributed by atoms with Crippen LogP contribution in [-0.4, -0.2) is 59.7 Å². The summed E-state index contributed by atoms with van der Waals surface area (Å²) in [6.45, 7) is 0. The van der Waals surface area contributed by atoms with Crippen LogP contribution in [0.1, 0.15) is 25.7 Å². The molecule has 0 saturated heterocycles. The second-order valence-electron chi connectivity index (χ2n) is 6.97. The summed E-state index contributed by atoms with van der Waals surface area (Å²) in [5, 5.41) is 1.04. The van der Waals surface area contributed by atoms with Crippen LogP contribution in [0.25, 0.3) is 0 Å². The first-order valence-electron chi connectivity index (χ1n) is 8.31. The minimum absolute atomic E-state index is 0.0138. The summed E-state index contributed by atoms with van der Waals surface area (Å²) in [4.78, 5) is 11.4. The van der Waals surface area contributed by atoms with Crippen LogP contribution in [0.2, 0.25) is 0 Å². The molecule has 1 fully saturated rings. The molecule has 0 unspecified atom stereocenters. The highest BCUT2D eigenvalue weighted by molar-refractivity contribution is 5.85. The van der Waals surface area contributed by atoms with Crippen molar-refractivity contribution in [1.29, 1.82) is 0 Å². The molecule has 18 heteroatoms. The van der Waals surface area contributed by atoms with Gasteiger partial charge < -0.3 is 11.1 Å². The van der Waals surface area contributed by atoms with Crippen molar-refractivity contribution in [3.8, 4) is 0 Å². The predicted octanol–water partition coefficient (Wildman–Crippen LogP) is 4.75. The quantitative estimate of drug-likeness (QED) is 0.487. The van der Waals surface area contributed by atoms with Gasteiger partial charge in [-0.15, -0.1) is 0 Å². The van der Waals surface area contributed by atoms with Gasteiger partial charge in [0.05, 0.1) is 0 Å². The lowest BCUT2D eigenvalue weighted by Crippen LogP contribution is -2.74. The van der Waals surface area contributed by atoms with Crippen LogP contribution in [0.15, 0.2) is 0 Å². The molecular weight excluding hydrogens is 497 g/mol. The van der Waals surface area contributed by atoms with Gasteiger partial charge in [0.15, 0.2) is 0 Å². The SMILES string of the molecule is N[C@@H]1CCCC[C@@H]1NC(=O)C(F)(F)C(F)(F)C(F)(F)C(F)(F)C(F)(F)C(F)(F)C(F)(F)F. The Morgan fingerprint density at radius 1 is 0.625 bits per heavy atom. The van der Waals surface area contributed by atoms with Crippen LogP contribution >= 0.6 is 0 Å². The van der Waals surface area contributed by atoms with E-state index in [1.807, 2.05) is 0 Å². The molecule has 0 radical (unpaired) electrons. The van der Waals surface area contributed by atoms with Gasteiger partial charge >= 0.3 is 41.7 Å². The largest absolute Gasteiger partial charge is 0.460 e. The lowest BCUT2D eigenvalue weighted by atomic mass is 9.89. The summed E-state index contributed by atoms with van der Waals surface area (Å²) in [5.74, 6) is -51.4. The zero-order valence-corrected chi connectivity index (χ0v) is 15.1. The Balaban J connectivity index is 3.40. The molecule has 1 amide bonds. The lowest BCUT2D eigenvalue weighted by Gasteiger charge is -2.41. The third-order valence-electron chi connectivity index (χ3n) is 4.75. The van der Waals surface area contributed by atoms with Crippen LogP contribution in [0, 0.1) is 0 Å². The van der Waals surface area contributed by atoms with Crippen LogP contribution in [-0.2, 0) is 4.79 Å². The van der Waals surface area contributed by atoms with E-state index in [0.717, 1.165) is 5.32 Å². The third kappa shape index (κ3) is 3.95. The van der Waals surface area contributed by atoms with E-state index in [2.05, 4.69) is 0 Å². The number of alkyl halides is 15. The first-order valence-corrected chi connectivity index (χ1v) is 8.31. The average Bonchev–Trinajstić information content (AvgIpc) is 2.61. The zero-order valence-electron chi connectivity index (χ0n) is 15.1. The van der Waals surface area contributed by atoms with Gasteiger partial charge in [-0.05, 0) is 12.8 Å². The molecule has 0 aliphatic heterocycles. The molecule has 1 aliphatic rings. The fourth-order valence-corrected chi connectivity index (χ4v) is 2.71. The predicted molar refractivity (Wildman–Crippen MR) is 74.1 cm³/mol. The van der Waals surface area contributed by atoms with Crippen LogP contribution < -0.4 is 11.1 Å². The van der Waals surface area contributed by atoms with Crippen molar-refractivity contribution in [2.45, 2.75) is 79.5 Å². The maximum absolute atomic E-state index is 13.8. The van der Waals surface area contributed by atoms with Crippen molar-refractivity contribution < 1.29 is 70.7 Å². The van der Waals surface area contributed by atoms with E-state index < -0.39 is 59.7 Å². The number of rotatable bonds is 7. The van der Waals surface area contributed by atoms with Gasteiger partial charge in [0.1, 0.15) is 0 Å². The second-order valence-corrected chi connectivity index (χ2v) is 6.97. The number of carbonyl (C=O) groups excluding carboxylic acids is 1. The number of halogens is 15. The average molecular weight is 510 g/mol. The summed E-state index contributed by atoms with van der Waals surface area (Å²) in [5.41, 5.74) is 5.38. The van der Waals surface area contributed by atoms with Crippen molar-refractivity contribution in [3.63, 3.8) is 0 Å². The van der Waals surface area contributed by atoms with Crippen molar-refractivity contribution in [1.82, 2.24) is 5.32 Å². The molecule has 3 nitrogen and oxygen atoms in total. The van der Waals surface area contributed by atoms with E-state index in [0.29, 0.717) is 6.42 Å². The Morgan fingerprint density at radius 2 is 1.00 bits per heavy atom. The Kier molecular flexibility index (Phi) is 7.10. The Bertz CT molecular complexity index is 703. The van der Waals surface area contributed by atoms with E-state index in [4.69, 9.17) is 5.73 Å². The molecule has 0 aromatic carbocycles. The Morgan fingerprint density at radius 3 is 1.41 bits per heavy atom. The van der Waals surface area contributed by atoms with Gasteiger partial charge in [0.25, 0.3) is 5.91 Å². The van der Waals surface area contributed by atoms with Crippen molar-refractivity contribution in [2.75, 3.05) is 0 Å². The van der Waals surface area contributed by atoms with Gasteiger partial charge in [-0.3, -0.25) is 4.79 Å². The fraction of sp³-hybridized carbons (Fsp3) is 0.929. The summed E-state index contributed by atoms with van der Waals surface area (Å²) < 4.78 is 196. The zero-order chi connectivity index (χ0) is 25.8. The van der Waals surface area contributed by atoms with E-state index in [1.54, 1.807) is 0 Å². The summed E-state index contributed by atoms with van der Waals surface area (Å²) in [6, 6.07) is -2.75. The fourth-order valence-electron chi connectivity index (χ4n) is 2.71. The van der Waals surface area contributed by atoms with E-state index in [9.17, 15) is 70.7 Å². The number of hydrogen-bond donors (Lipinski definition) is 2. The maximum atomic E-state index is 13.8. The molecule has 0 bridgehead atoms. The van der Waals surface area contributed by atoms with Gasteiger partial charge in [0, 0.05) is 12.1 Å². The highest BCUT2D eigenvalue weighted by atomic mass is 19.4. The number of carbonyl (C=O) groups is 1. The van der Waals surface area contributed by atoms with Crippen LogP contribution in [0.3, 0.4) is 0 Å². The molecule has 0 aromatic rings. The molecule has 0 spiro atoms. The number of nitrogens with one attached hydrogen (secondary N) is 1. The standard InChI is InChI=1S/C14H13F15N2O/c15-8(16,7(32)31-6-4-2-1-3-5(6)30)9(17,18)10(19,20)11(21,22)12(23,24)13(25,26)14(27,28)29/h5-6H,1-4,30H2,(H,31,32)/t5-,6+/m1/s1. The van der Waals surface area contributed by atoms with E-state index in [1.165, 1.54) is 0 Å². The second kappa shape index (κ2) is 8.00. The minimum atomic E-state index is -8.42. The lowest BCUT2D eigenvalue weighted by molar-refractivity contribution is -0.449. The molecule has 190 valence electrons. The topological polar surface area (TPSA) is 55.1 Å². The summed E-state index contributed by atoms with van der Waals surface area (Å²) in [7, 11) is 0. The number of hydrogen-bond acceptors (Lipinski definition) is 2. The molecule has 0 heterocycles. The van der Waals surface area contributed by atoms with Gasteiger partial charge in [-0.2, -0.15) is 65.9 Å². The molecule has 2 atom stereocenters. The normalized spacial score (nSPS) is 22.6. The first-order chi connectivity index (χ1) is 13.9. The van der Waals surface area contributed by atoms with Gasteiger partial charge in [-0.1, -0.05) is 12.8 Å². The minimum Gasteiger partial charge on any atom is -0.346 e. The van der Waals surface area contributed by atoms with Crippen molar-refractivity contribution >= 4 is 5.91 Å². The number of amides is 1. The van der Waals surface area contributed by atoms with Crippen LogP contribution in [0.4, 0.5) is 65.9 Å². The van der Waals surface area contributed by atoms with Crippen molar-refractivity contribution in [3.05, 3.63) is 0 Å². The highest BCUT2D eigenvalue weighted by Crippen LogP contribution is 2.62. The molecule has 1 aliphatic carbocycles. The molecule has 0 aromatic heterocycles. The van der Waals surface area contributed by atoms with Gasteiger partial charge in [-0.25, -0.2) is 0 Å².